The quantitative estimate of drug-likeness (QED) is 0.355. The number of methoxy groups -OCH3 is 2. The van der Waals surface area contributed by atoms with Gasteiger partial charge in [0.15, 0.2) is 16.6 Å². The van der Waals surface area contributed by atoms with Gasteiger partial charge in [-0.15, -0.1) is 0 Å². The Morgan fingerprint density at radius 3 is 2.27 bits per heavy atom. The van der Waals surface area contributed by atoms with Crippen molar-refractivity contribution >= 4 is 46.6 Å². The molecule has 0 fully saturated rings. The standard InChI is InChI=1S/C25H23N3O4S/c1-31-21-13-11-17(15-22(21)32-2)12-14-23(29)28-25(33)27-20-10-6-7-18(16-20)24(30)26-19-8-4-3-5-9-19/h3-16H,1-2H3,(H,26,30)(H2,27,28,29,33)/b14-12+. The Kier molecular flexibility index (Phi) is 8.15. The molecule has 0 saturated heterocycles. The van der Waals surface area contributed by atoms with Crippen LogP contribution in [0.2, 0.25) is 0 Å². The van der Waals surface area contributed by atoms with Crippen LogP contribution in [0.15, 0.2) is 78.9 Å². The predicted octanol–water partition coefficient (Wildman–Crippen LogP) is 4.48. The zero-order valence-electron chi connectivity index (χ0n) is 18.1. The van der Waals surface area contributed by atoms with Crippen LogP contribution in [0.4, 0.5) is 11.4 Å². The van der Waals surface area contributed by atoms with E-state index in [9.17, 15) is 9.59 Å². The van der Waals surface area contributed by atoms with Crippen LogP contribution in [0.3, 0.4) is 0 Å². The zero-order valence-corrected chi connectivity index (χ0v) is 18.9. The molecule has 0 unspecified atom stereocenters. The number of hydrogen-bond acceptors (Lipinski definition) is 5. The predicted molar refractivity (Wildman–Crippen MR) is 134 cm³/mol. The molecule has 0 aliphatic heterocycles. The highest BCUT2D eigenvalue weighted by Gasteiger charge is 2.08. The molecule has 0 aromatic heterocycles. The van der Waals surface area contributed by atoms with Gasteiger partial charge in [-0.05, 0) is 66.3 Å². The summed E-state index contributed by atoms with van der Waals surface area (Å²) >= 11 is 5.22. The van der Waals surface area contributed by atoms with Crippen LogP contribution >= 0.6 is 12.2 Å². The molecule has 3 N–H and O–H groups in total. The SMILES string of the molecule is COc1ccc(/C=C/C(=O)NC(=S)Nc2cccc(C(=O)Nc3ccccc3)c2)cc1OC. The van der Waals surface area contributed by atoms with Gasteiger partial charge >= 0.3 is 0 Å². The lowest BCUT2D eigenvalue weighted by Crippen LogP contribution is -2.32. The van der Waals surface area contributed by atoms with Gasteiger partial charge in [-0.25, -0.2) is 0 Å². The molecule has 168 valence electrons. The first kappa shape index (κ1) is 23.5. The first-order valence-corrected chi connectivity index (χ1v) is 10.4. The van der Waals surface area contributed by atoms with Crippen molar-refractivity contribution in [1.29, 1.82) is 0 Å². The number of thiocarbonyl (C=S) groups is 1. The summed E-state index contributed by atoms with van der Waals surface area (Å²) < 4.78 is 10.5. The number of para-hydroxylation sites is 1. The Morgan fingerprint density at radius 1 is 0.818 bits per heavy atom. The Bertz CT molecular complexity index is 1180. The molecule has 0 aliphatic carbocycles. The minimum atomic E-state index is -0.403. The third kappa shape index (κ3) is 6.91. The maximum atomic E-state index is 12.5. The second-order valence-electron chi connectivity index (χ2n) is 6.79. The molecule has 0 spiro atoms. The minimum absolute atomic E-state index is 0.109. The van der Waals surface area contributed by atoms with Gasteiger partial charge in [-0.3, -0.25) is 14.9 Å². The summed E-state index contributed by atoms with van der Waals surface area (Å²) in [4.78, 5) is 24.7. The summed E-state index contributed by atoms with van der Waals surface area (Å²) in [6, 6.07) is 21.3. The summed E-state index contributed by atoms with van der Waals surface area (Å²) in [5.74, 6) is 0.510. The second-order valence-corrected chi connectivity index (χ2v) is 7.20. The number of amides is 2. The van der Waals surface area contributed by atoms with E-state index in [1.807, 2.05) is 18.2 Å². The van der Waals surface area contributed by atoms with Crippen molar-refractivity contribution in [2.45, 2.75) is 0 Å². The molecule has 3 rings (SSSR count). The largest absolute Gasteiger partial charge is 0.493 e. The molecule has 7 nitrogen and oxygen atoms in total. The molecule has 0 heterocycles. The van der Waals surface area contributed by atoms with E-state index in [4.69, 9.17) is 21.7 Å². The number of anilines is 2. The summed E-state index contributed by atoms with van der Waals surface area (Å²) in [6.07, 6.45) is 2.99. The van der Waals surface area contributed by atoms with Gasteiger partial charge in [-0.1, -0.05) is 30.3 Å². The van der Waals surface area contributed by atoms with Crippen molar-refractivity contribution in [3.63, 3.8) is 0 Å². The fraction of sp³-hybridized carbons (Fsp3) is 0.0800. The molecule has 2 amide bonds. The average molecular weight is 462 g/mol. The van der Waals surface area contributed by atoms with Crippen LogP contribution in [0, 0.1) is 0 Å². The Labute approximate surface area is 197 Å². The number of nitrogens with one attached hydrogen (secondary N) is 3. The molecule has 8 heteroatoms. The lowest BCUT2D eigenvalue weighted by Gasteiger charge is -2.10. The van der Waals surface area contributed by atoms with E-state index >= 15 is 0 Å². The summed E-state index contributed by atoms with van der Waals surface area (Å²) in [6.45, 7) is 0. The van der Waals surface area contributed by atoms with Gasteiger partial charge in [0, 0.05) is 23.0 Å². The monoisotopic (exact) mass is 461 g/mol. The van der Waals surface area contributed by atoms with E-state index in [1.165, 1.54) is 6.08 Å². The molecule has 0 atom stereocenters. The lowest BCUT2D eigenvalue weighted by atomic mass is 10.2. The van der Waals surface area contributed by atoms with Crippen LogP contribution in [0.5, 0.6) is 11.5 Å². The summed E-state index contributed by atoms with van der Waals surface area (Å²) in [7, 11) is 3.10. The first-order chi connectivity index (χ1) is 16.0. The molecule has 3 aromatic rings. The molecular weight excluding hydrogens is 438 g/mol. The van der Waals surface area contributed by atoms with Crippen LogP contribution < -0.4 is 25.4 Å². The van der Waals surface area contributed by atoms with Crippen LogP contribution in [-0.4, -0.2) is 31.1 Å². The van der Waals surface area contributed by atoms with E-state index in [2.05, 4.69) is 16.0 Å². The number of rotatable bonds is 7. The van der Waals surface area contributed by atoms with E-state index in [1.54, 1.807) is 74.9 Å². The number of carbonyl (C=O) groups excluding carboxylic acids is 2. The third-order valence-electron chi connectivity index (χ3n) is 4.49. The fourth-order valence-electron chi connectivity index (χ4n) is 2.91. The van der Waals surface area contributed by atoms with Gasteiger partial charge in [-0.2, -0.15) is 0 Å². The van der Waals surface area contributed by atoms with Crippen LogP contribution in [0.1, 0.15) is 15.9 Å². The summed E-state index contributed by atoms with van der Waals surface area (Å²) in [5, 5.41) is 8.42. The molecule has 33 heavy (non-hydrogen) atoms. The van der Waals surface area contributed by atoms with E-state index < -0.39 is 5.91 Å². The maximum Gasteiger partial charge on any atom is 0.255 e. The normalized spacial score (nSPS) is 10.4. The van der Waals surface area contributed by atoms with Crippen molar-refractivity contribution in [3.05, 3.63) is 90.0 Å². The summed E-state index contributed by atoms with van der Waals surface area (Å²) in [5.41, 5.74) is 2.49. The Morgan fingerprint density at radius 2 is 1.55 bits per heavy atom. The molecular formula is C25H23N3O4S. The third-order valence-corrected chi connectivity index (χ3v) is 4.69. The Balaban J connectivity index is 1.57. The Hall–Kier alpha value is -4.17. The molecule has 0 aliphatic rings. The molecule has 3 aromatic carbocycles. The molecule has 0 bridgehead atoms. The number of benzene rings is 3. The first-order valence-electron chi connectivity index (χ1n) is 9.97. The van der Waals surface area contributed by atoms with Crippen LogP contribution in [-0.2, 0) is 4.79 Å². The van der Waals surface area contributed by atoms with Gasteiger partial charge < -0.3 is 20.1 Å². The highest BCUT2D eigenvalue weighted by Crippen LogP contribution is 2.27. The van der Waals surface area contributed by atoms with Crippen molar-refractivity contribution in [1.82, 2.24) is 5.32 Å². The van der Waals surface area contributed by atoms with E-state index in [0.29, 0.717) is 28.4 Å². The minimum Gasteiger partial charge on any atom is -0.493 e. The van der Waals surface area contributed by atoms with E-state index in [-0.39, 0.29) is 11.0 Å². The van der Waals surface area contributed by atoms with Gasteiger partial charge in [0.25, 0.3) is 5.91 Å². The van der Waals surface area contributed by atoms with E-state index in [0.717, 1.165) is 5.56 Å². The highest BCUT2D eigenvalue weighted by atomic mass is 32.1. The van der Waals surface area contributed by atoms with Crippen molar-refractivity contribution in [2.75, 3.05) is 24.9 Å². The van der Waals surface area contributed by atoms with Crippen molar-refractivity contribution < 1.29 is 19.1 Å². The van der Waals surface area contributed by atoms with Gasteiger partial charge in [0.2, 0.25) is 5.91 Å². The zero-order chi connectivity index (χ0) is 23.6. The topological polar surface area (TPSA) is 88.7 Å². The maximum absolute atomic E-state index is 12.5. The molecule has 0 saturated carbocycles. The van der Waals surface area contributed by atoms with Gasteiger partial charge in [0.05, 0.1) is 14.2 Å². The number of hydrogen-bond donors (Lipinski definition) is 3. The van der Waals surface area contributed by atoms with Crippen molar-refractivity contribution in [2.24, 2.45) is 0 Å². The number of carbonyl (C=O) groups is 2. The van der Waals surface area contributed by atoms with Crippen LogP contribution in [0.25, 0.3) is 6.08 Å². The lowest BCUT2D eigenvalue weighted by molar-refractivity contribution is -0.115. The number of ether oxygens (including phenoxy) is 2. The second kappa shape index (κ2) is 11.4. The fourth-order valence-corrected chi connectivity index (χ4v) is 3.13. The highest BCUT2D eigenvalue weighted by molar-refractivity contribution is 7.80. The average Bonchev–Trinajstić information content (AvgIpc) is 2.83. The smallest absolute Gasteiger partial charge is 0.255 e. The molecule has 0 radical (unpaired) electrons. The van der Waals surface area contributed by atoms with Crippen molar-refractivity contribution in [3.8, 4) is 11.5 Å². The van der Waals surface area contributed by atoms with Gasteiger partial charge in [0.1, 0.15) is 0 Å².